The fourth-order valence-electron chi connectivity index (χ4n) is 10.3. The standard InChI is InChI=1S/C31H54/c1-9-21(2)11-10-12-22(3)25-14-15-26-24-13-16-28-29(5,6)23(4)17-19-31(28,8)27(24)18-20-30(25,26)7/h9,21-28H,1,10-20H2,2-8H3. The molecule has 4 fully saturated rings. The predicted molar refractivity (Wildman–Crippen MR) is 136 cm³/mol. The van der Waals surface area contributed by atoms with Gasteiger partial charge in [0.2, 0.25) is 0 Å². The zero-order chi connectivity index (χ0) is 22.6. The third-order valence-corrected chi connectivity index (χ3v) is 12.6. The van der Waals surface area contributed by atoms with Crippen LogP contribution in [-0.4, -0.2) is 0 Å². The molecule has 4 aliphatic carbocycles. The summed E-state index contributed by atoms with van der Waals surface area (Å²) >= 11 is 0. The van der Waals surface area contributed by atoms with Crippen LogP contribution in [0.4, 0.5) is 0 Å². The minimum atomic E-state index is 0.536. The largest absolute Gasteiger partial charge is 0.103 e. The average molecular weight is 427 g/mol. The summed E-state index contributed by atoms with van der Waals surface area (Å²) in [6, 6.07) is 0. The van der Waals surface area contributed by atoms with Crippen LogP contribution in [0.1, 0.15) is 119 Å². The van der Waals surface area contributed by atoms with E-state index in [1.807, 2.05) is 0 Å². The molecular formula is C31H54. The van der Waals surface area contributed by atoms with E-state index in [1.165, 1.54) is 64.2 Å². The van der Waals surface area contributed by atoms with E-state index >= 15 is 0 Å². The van der Waals surface area contributed by atoms with Gasteiger partial charge in [-0.3, -0.25) is 0 Å². The zero-order valence-corrected chi connectivity index (χ0v) is 22.2. The van der Waals surface area contributed by atoms with E-state index in [2.05, 4.69) is 61.1 Å². The first kappa shape index (κ1) is 23.9. The van der Waals surface area contributed by atoms with Gasteiger partial charge in [0.05, 0.1) is 0 Å². The van der Waals surface area contributed by atoms with Crippen LogP contribution in [0.2, 0.25) is 0 Å². The highest BCUT2D eigenvalue weighted by atomic mass is 14.7. The SMILES string of the molecule is C=CC(C)CCCC(C)C1CCC2C3CCC4C(C)(C)C(C)CCC4(C)C3CCC12C. The smallest absolute Gasteiger partial charge is 0.0261 e. The van der Waals surface area contributed by atoms with Crippen molar-refractivity contribution >= 4 is 0 Å². The third-order valence-electron chi connectivity index (χ3n) is 12.6. The summed E-state index contributed by atoms with van der Waals surface area (Å²) in [4.78, 5) is 0. The molecule has 10 atom stereocenters. The summed E-state index contributed by atoms with van der Waals surface area (Å²) in [5.41, 5.74) is 1.78. The van der Waals surface area contributed by atoms with Crippen molar-refractivity contribution in [1.82, 2.24) is 0 Å². The lowest BCUT2D eigenvalue weighted by Gasteiger charge is -2.65. The number of fused-ring (bicyclic) bond motifs is 5. The third kappa shape index (κ3) is 3.79. The van der Waals surface area contributed by atoms with Gasteiger partial charge in [0.25, 0.3) is 0 Å². The van der Waals surface area contributed by atoms with Crippen LogP contribution < -0.4 is 0 Å². The van der Waals surface area contributed by atoms with Crippen molar-refractivity contribution in [3.8, 4) is 0 Å². The van der Waals surface area contributed by atoms with E-state index in [0.717, 1.165) is 41.4 Å². The fraction of sp³-hybridized carbons (Fsp3) is 0.935. The summed E-state index contributed by atoms with van der Waals surface area (Å²) < 4.78 is 0. The highest BCUT2D eigenvalue weighted by Gasteiger charge is 2.62. The maximum atomic E-state index is 3.99. The monoisotopic (exact) mass is 426 g/mol. The van der Waals surface area contributed by atoms with E-state index in [1.54, 1.807) is 6.42 Å². The quantitative estimate of drug-likeness (QED) is 0.371. The topological polar surface area (TPSA) is 0 Å². The molecule has 0 aromatic heterocycles. The Morgan fingerprint density at radius 2 is 1.52 bits per heavy atom. The Labute approximate surface area is 195 Å². The van der Waals surface area contributed by atoms with Crippen LogP contribution in [0.15, 0.2) is 12.7 Å². The van der Waals surface area contributed by atoms with Crippen molar-refractivity contribution in [3.63, 3.8) is 0 Å². The molecule has 0 nitrogen and oxygen atoms in total. The lowest BCUT2D eigenvalue weighted by molar-refractivity contribution is -0.161. The first-order valence-corrected chi connectivity index (χ1v) is 14.2. The molecule has 0 amide bonds. The van der Waals surface area contributed by atoms with Gasteiger partial charge in [-0.05, 0) is 121 Å². The maximum Gasteiger partial charge on any atom is -0.0261 e. The van der Waals surface area contributed by atoms with Gasteiger partial charge in [0, 0.05) is 0 Å². The predicted octanol–water partition coefficient (Wildman–Crippen LogP) is 9.55. The van der Waals surface area contributed by atoms with E-state index in [-0.39, 0.29) is 0 Å². The van der Waals surface area contributed by atoms with Gasteiger partial charge in [0.15, 0.2) is 0 Å². The molecule has 0 aliphatic heterocycles. The van der Waals surface area contributed by atoms with E-state index in [4.69, 9.17) is 0 Å². The van der Waals surface area contributed by atoms with E-state index in [0.29, 0.717) is 22.2 Å². The van der Waals surface area contributed by atoms with Gasteiger partial charge in [-0.25, -0.2) is 0 Å². The number of rotatable bonds is 6. The molecule has 0 spiro atoms. The molecule has 4 rings (SSSR count). The van der Waals surface area contributed by atoms with Crippen LogP contribution in [0.25, 0.3) is 0 Å². The molecule has 178 valence electrons. The van der Waals surface area contributed by atoms with Crippen LogP contribution >= 0.6 is 0 Å². The molecule has 31 heavy (non-hydrogen) atoms. The summed E-state index contributed by atoms with van der Waals surface area (Å²) in [7, 11) is 0. The molecule has 4 aliphatic rings. The van der Waals surface area contributed by atoms with Crippen molar-refractivity contribution in [2.75, 3.05) is 0 Å². The normalized spacial score (nSPS) is 48.2. The second-order valence-corrected chi connectivity index (χ2v) is 14.1. The molecule has 0 aromatic rings. The molecule has 0 bridgehead atoms. The van der Waals surface area contributed by atoms with E-state index in [9.17, 15) is 0 Å². The summed E-state index contributed by atoms with van der Waals surface area (Å²) in [6.07, 6.45) is 18.4. The minimum Gasteiger partial charge on any atom is -0.103 e. The second kappa shape index (κ2) is 8.51. The van der Waals surface area contributed by atoms with Crippen molar-refractivity contribution in [2.24, 2.45) is 63.6 Å². The molecule has 10 unspecified atom stereocenters. The Morgan fingerprint density at radius 1 is 0.839 bits per heavy atom. The van der Waals surface area contributed by atoms with Crippen LogP contribution in [-0.2, 0) is 0 Å². The van der Waals surface area contributed by atoms with Gasteiger partial charge in [-0.1, -0.05) is 67.4 Å². The van der Waals surface area contributed by atoms with E-state index < -0.39 is 0 Å². The maximum absolute atomic E-state index is 3.99. The van der Waals surface area contributed by atoms with Crippen molar-refractivity contribution in [2.45, 2.75) is 119 Å². The fourth-order valence-corrected chi connectivity index (χ4v) is 10.3. The van der Waals surface area contributed by atoms with Gasteiger partial charge in [-0.15, -0.1) is 6.58 Å². The van der Waals surface area contributed by atoms with Crippen LogP contribution in [0.3, 0.4) is 0 Å². The van der Waals surface area contributed by atoms with Gasteiger partial charge in [-0.2, -0.15) is 0 Å². The molecule has 4 saturated carbocycles. The van der Waals surface area contributed by atoms with Crippen molar-refractivity contribution in [1.29, 1.82) is 0 Å². The molecular weight excluding hydrogens is 372 g/mol. The summed E-state index contributed by atoms with van der Waals surface area (Å²) in [5, 5.41) is 0. The number of hydrogen-bond acceptors (Lipinski definition) is 0. The highest BCUT2D eigenvalue weighted by Crippen LogP contribution is 2.70. The summed E-state index contributed by atoms with van der Waals surface area (Å²) in [5.74, 6) is 7.49. The molecule has 0 saturated heterocycles. The Balaban J connectivity index is 1.48. The molecule has 0 radical (unpaired) electrons. The van der Waals surface area contributed by atoms with Gasteiger partial charge in [0.1, 0.15) is 0 Å². The highest BCUT2D eigenvalue weighted by molar-refractivity contribution is 5.11. The van der Waals surface area contributed by atoms with Gasteiger partial charge < -0.3 is 0 Å². The average Bonchev–Trinajstić information content (AvgIpc) is 3.08. The molecule has 0 heteroatoms. The molecule has 0 N–H and O–H groups in total. The lowest BCUT2D eigenvalue weighted by atomic mass is 9.40. The van der Waals surface area contributed by atoms with Crippen molar-refractivity contribution < 1.29 is 0 Å². The Bertz CT molecular complexity index is 644. The second-order valence-electron chi connectivity index (χ2n) is 14.1. The summed E-state index contributed by atoms with van der Waals surface area (Å²) in [6.45, 7) is 22.2. The number of hydrogen-bond donors (Lipinski definition) is 0. The zero-order valence-electron chi connectivity index (χ0n) is 22.2. The Morgan fingerprint density at radius 3 is 2.23 bits per heavy atom. The van der Waals surface area contributed by atoms with Crippen molar-refractivity contribution in [3.05, 3.63) is 12.7 Å². The Hall–Kier alpha value is -0.260. The first-order chi connectivity index (χ1) is 14.6. The van der Waals surface area contributed by atoms with Crippen LogP contribution in [0.5, 0.6) is 0 Å². The molecule has 0 aromatic carbocycles. The molecule has 0 heterocycles. The minimum absolute atomic E-state index is 0.536. The van der Waals surface area contributed by atoms with Crippen LogP contribution in [0, 0.1) is 63.6 Å². The number of allylic oxidation sites excluding steroid dienone is 1. The first-order valence-electron chi connectivity index (χ1n) is 14.2. The Kier molecular flexibility index (Phi) is 6.55. The lowest BCUT2D eigenvalue weighted by Crippen LogP contribution is -2.57. The van der Waals surface area contributed by atoms with Gasteiger partial charge >= 0.3 is 0 Å².